The first-order chi connectivity index (χ1) is 17.8. The van der Waals surface area contributed by atoms with E-state index >= 15 is 0 Å². The van der Waals surface area contributed by atoms with Crippen molar-refractivity contribution in [1.82, 2.24) is 0 Å². The minimum absolute atomic E-state index is 0.0558. The number of nitrogens with zero attached hydrogens (tertiary/aromatic N) is 1. The normalized spacial score (nSPS) is 11.2. The van der Waals surface area contributed by atoms with E-state index in [9.17, 15) is 31.5 Å². The predicted molar refractivity (Wildman–Crippen MR) is 137 cm³/mol. The Morgan fingerprint density at radius 2 is 1.47 bits per heavy atom. The fourth-order valence-electron chi connectivity index (χ4n) is 3.30. The number of hydrogen-bond donors (Lipinski definition) is 3. The van der Waals surface area contributed by atoms with Crippen LogP contribution in [0.25, 0.3) is 0 Å². The molecule has 3 N–H and O–H groups in total. The van der Waals surface area contributed by atoms with Gasteiger partial charge in [0.2, 0.25) is 0 Å². The molecule has 38 heavy (non-hydrogen) atoms. The fourth-order valence-corrected chi connectivity index (χ4v) is 4.37. The lowest BCUT2D eigenvalue weighted by atomic mass is 10.1. The number of carboxylic acids is 2. The summed E-state index contributed by atoms with van der Waals surface area (Å²) in [5, 5.41) is 17.0. The van der Waals surface area contributed by atoms with Gasteiger partial charge >= 0.3 is 18.1 Å². The van der Waals surface area contributed by atoms with Gasteiger partial charge in [-0.2, -0.15) is 13.2 Å². The quantitative estimate of drug-likeness (QED) is 0.298. The minimum Gasteiger partial charge on any atom is -0.478 e. The highest BCUT2D eigenvalue weighted by atomic mass is 32.2. The largest absolute Gasteiger partial charge is 0.490 e. The number of halogens is 3. The number of benzene rings is 3. The zero-order valence-electron chi connectivity index (χ0n) is 20.4. The first kappa shape index (κ1) is 30.2. The molecule has 204 valence electrons. The Morgan fingerprint density at radius 1 is 0.921 bits per heavy atom. The summed E-state index contributed by atoms with van der Waals surface area (Å²) in [4.78, 5) is 23.1. The third kappa shape index (κ3) is 9.11. The van der Waals surface area contributed by atoms with Gasteiger partial charge < -0.3 is 15.1 Å². The first-order valence-electron chi connectivity index (χ1n) is 11.4. The summed E-state index contributed by atoms with van der Waals surface area (Å²) >= 11 is 0. The number of aromatic carboxylic acids is 1. The number of nitrogens with one attached hydrogen (secondary N) is 1. The van der Waals surface area contributed by atoms with Crippen molar-refractivity contribution in [2.24, 2.45) is 0 Å². The Balaban J connectivity index is 0.000000638. The Bertz CT molecular complexity index is 1320. The van der Waals surface area contributed by atoms with Gasteiger partial charge in [0.1, 0.15) is 0 Å². The van der Waals surface area contributed by atoms with Crippen molar-refractivity contribution >= 4 is 33.3 Å². The van der Waals surface area contributed by atoms with Crippen LogP contribution in [0.5, 0.6) is 0 Å². The van der Waals surface area contributed by atoms with Crippen molar-refractivity contribution in [3.05, 3.63) is 90.0 Å². The highest BCUT2D eigenvalue weighted by molar-refractivity contribution is 7.92. The van der Waals surface area contributed by atoms with E-state index in [2.05, 4.69) is 11.6 Å². The maximum Gasteiger partial charge on any atom is 0.490 e. The lowest BCUT2D eigenvalue weighted by Gasteiger charge is -2.27. The summed E-state index contributed by atoms with van der Waals surface area (Å²) in [6.07, 6.45) is -3.20. The zero-order valence-corrected chi connectivity index (χ0v) is 21.2. The minimum atomic E-state index is -5.08. The van der Waals surface area contributed by atoms with Gasteiger partial charge in [-0.15, -0.1) is 0 Å². The van der Waals surface area contributed by atoms with Crippen molar-refractivity contribution in [2.75, 3.05) is 16.2 Å². The lowest BCUT2D eigenvalue weighted by molar-refractivity contribution is -0.192. The van der Waals surface area contributed by atoms with E-state index in [1.165, 1.54) is 18.2 Å². The van der Waals surface area contributed by atoms with E-state index in [4.69, 9.17) is 9.90 Å². The van der Waals surface area contributed by atoms with Crippen molar-refractivity contribution in [3.8, 4) is 0 Å². The molecule has 0 bridgehead atoms. The molecule has 12 heteroatoms. The molecule has 0 atom stereocenters. The molecule has 0 saturated heterocycles. The molecule has 0 fully saturated rings. The van der Waals surface area contributed by atoms with Gasteiger partial charge in [0, 0.05) is 18.8 Å². The second-order valence-electron chi connectivity index (χ2n) is 8.02. The van der Waals surface area contributed by atoms with Crippen LogP contribution in [0.2, 0.25) is 0 Å². The molecule has 0 aliphatic heterocycles. The standard InChI is InChI=1S/C24H26N2O4S.C2HF3O2/c1-2-3-16-26(18-19-10-6-4-7-11-19)23-15-14-20(17-22(23)24(27)28)25-31(29,30)21-12-8-5-9-13-21;3-2(4,5)1(6)7/h4-15,17,25H,2-3,16,18H2,1H3,(H,27,28);(H,6,7). The summed E-state index contributed by atoms with van der Waals surface area (Å²) in [6, 6.07) is 22.5. The smallest absolute Gasteiger partial charge is 0.478 e. The molecular formula is C26H27F3N2O6S. The topological polar surface area (TPSA) is 124 Å². The van der Waals surface area contributed by atoms with E-state index < -0.39 is 28.1 Å². The third-order valence-corrected chi connectivity index (χ3v) is 6.51. The summed E-state index contributed by atoms with van der Waals surface area (Å²) in [5.41, 5.74) is 1.90. The van der Waals surface area contributed by atoms with Crippen LogP contribution < -0.4 is 9.62 Å². The molecule has 0 aliphatic carbocycles. The number of carboxylic acid groups (broad SMARTS) is 2. The predicted octanol–water partition coefficient (Wildman–Crippen LogP) is 5.63. The van der Waals surface area contributed by atoms with Gasteiger partial charge in [-0.25, -0.2) is 18.0 Å². The van der Waals surface area contributed by atoms with Gasteiger partial charge in [-0.05, 0) is 42.3 Å². The number of rotatable bonds is 10. The van der Waals surface area contributed by atoms with Gasteiger partial charge in [-0.1, -0.05) is 61.9 Å². The van der Waals surface area contributed by atoms with Crippen LogP contribution in [-0.4, -0.2) is 43.3 Å². The number of alkyl halides is 3. The van der Waals surface area contributed by atoms with Crippen molar-refractivity contribution in [2.45, 2.75) is 37.4 Å². The monoisotopic (exact) mass is 552 g/mol. The van der Waals surface area contributed by atoms with E-state index in [-0.39, 0.29) is 16.1 Å². The average Bonchev–Trinajstić information content (AvgIpc) is 2.87. The van der Waals surface area contributed by atoms with Crippen LogP contribution in [0.3, 0.4) is 0 Å². The number of anilines is 2. The molecular weight excluding hydrogens is 525 g/mol. The average molecular weight is 553 g/mol. The van der Waals surface area contributed by atoms with Crippen molar-refractivity contribution < 1.29 is 41.4 Å². The Morgan fingerprint density at radius 3 is 1.97 bits per heavy atom. The molecule has 3 rings (SSSR count). The maximum absolute atomic E-state index is 12.6. The number of unbranched alkanes of at least 4 members (excludes halogenated alkanes) is 1. The van der Waals surface area contributed by atoms with Gasteiger partial charge in [0.15, 0.2) is 0 Å². The van der Waals surface area contributed by atoms with Crippen molar-refractivity contribution in [3.63, 3.8) is 0 Å². The van der Waals surface area contributed by atoms with Gasteiger partial charge in [-0.3, -0.25) is 4.72 Å². The SMILES string of the molecule is CCCCN(Cc1ccccc1)c1ccc(NS(=O)(=O)c2ccccc2)cc1C(=O)O.O=C(O)C(F)(F)F. The summed E-state index contributed by atoms with van der Waals surface area (Å²) < 4.78 is 59.4. The molecule has 3 aromatic carbocycles. The molecule has 8 nitrogen and oxygen atoms in total. The molecule has 3 aromatic rings. The number of aliphatic carboxylic acids is 1. The highest BCUT2D eigenvalue weighted by Gasteiger charge is 2.38. The van der Waals surface area contributed by atoms with E-state index in [0.717, 1.165) is 18.4 Å². The molecule has 0 heterocycles. The van der Waals surface area contributed by atoms with Crippen LogP contribution in [0, 0.1) is 0 Å². The maximum atomic E-state index is 12.6. The van der Waals surface area contributed by atoms with E-state index in [1.54, 1.807) is 30.3 Å². The summed E-state index contributed by atoms with van der Waals surface area (Å²) in [7, 11) is -3.81. The summed E-state index contributed by atoms with van der Waals surface area (Å²) in [5.74, 6) is -3.86. The Hall–Kier alpha value is -4.06. The van der Waals surface area contributed by atoms with Gasteiger partial charge in [0.05, 0.1) is 16.1 Å². The second-order valence-corrected chi connectivity index (χ2v) is 9.70. The summed E-state index contributed by atoms with van der Waals surface area (Å²) in [6.45, 7) is 3.34. The van der Waals surface area contributed by atoms with E-state index in [0.29, 0.717) is 18.8 Å². The molecule has 0 radical (unpaired) electrons. The molecule has 0 aromatic heterocycles. The molecule has 0 saturated carbocycles. The molecule has 0 aliphatic rings. The fraction of sp³-hybridized carbons (Fsp3) is 0.231. The Labute approximate surface area is 218 Å². The number of hydrogen-bond acceptors (Lipinski definition) is 5. The van der Waals surface area contributed by atoms with Crippen LogP contribution in [-0.2, 0) is 21.4 Å². The second kappa shape index (κ2) is 13.5. The highest BCUT2D eigenvalue weighted by Crippen LogP contribution is 2.28. The van der Waals surface area contributed by atoms with E-state index in [1.807, 2.05) is 35.2 Å². The first-order valence-corrected chi connectivity index (χ1v) is 12.9. The van der Waals surface area contributed by atoms with Crippen LogP contribution >= 0.6 is 0 Å². The van der Waals surface area contributed by atoms with Crippen LogP contribution in [0.1, 0.15) is 35.7 Å². The van der Waals surface area contributed by atoms with Crippen LogP contribution in [0.15, 0.2) is 83.8 Å². The zero-order chi connectivity index (χ0) is 28.3. The number of sulfonamides is 1. The van der Waals surface area contributed by atoms with Crippen LogP contribution in [0.4, 0.5) is 24.5 Å². The molecule has 0 unspecified atom stereocenters. The lowest BCUT2D eigenvalue weighted by Crippen LogP contribution is -2.26. The van der Waals surface area contributed by atoms with Crippen molar-refractivity contribution in [1.29, 1.82) is 0 Å². The Kier molecular flexibility index (Phi) is 10.7. The van der Waals surface area contributed by atoms with Gasteiger partial charge in [0.25, 0.3) is 10.0 Å². The molecule has 0 amide bonds. The third-order valence-electron chi connectivity index (χ3n) is 5.11. The molecule has 0 spiro atoms. The number of carbonyl (C=O) groups is 2.